The minimum Gasteiger partial charge on any atom is -0.481 e. The minimum absolute atomic E-state index is 0.0312. The van der Waals surface area contributed by atoms with Gasteiger partial charge in [-0.15, -0.1) is 0 Å². The number of amides is 1. The molecule has 4 N–H and O–H groups in total. The standard InChI is InChI=1S/C9H15N3O4/c1-3-6(7(13)14)4-9(12-16)5(2)10-11-8(9)15/h6,12,16H,3-4H2,1-2H3,(H,11,15)(H,13,14). The van der Waals surface area contributed by atoms with Crippen LogP contribution < -0.4 is 10.9 Å². The Morgan fingerprint density at radius 1 is 1.69 bits per heavy atom. The Bertz CT molecular complexity index is 342. The first-order valence-corrected chi connectivity index (χ1v) is 4.97. The van der Waals surface area contributed by atoms with Crippen molar-refractivity contribution >= 4 is 17.6 Å². The number of carbonyl (C=O) groups excluding carboxylic acids is 1. The van der Waals surface area contributed by atoms with E-state index in [2.05, 4.69) is 10.5 Å². The highest BCUT2D eigenvalue weighted by atomic mass is 16.5. The molecule has 1 heterocycles. The lowest BCUT2D eigenvalue weighted by molar-refractivity contribution is -0.143. The van der Waals surface area contributed by atoms with E-state index in [1.807, 2.05) is 5.48 Å². The van der Waals surface area contributed by atoms with Gasteiger partial charge in [0, 0.05) is 0 Å². The highest BCUT2D eigenvalue weighted by Gasteiger charge is 2.47. The molecule has 16 heavy (non-hydrogen) atoms. The summed E-state index contributed by atoms with van der Waals surface area (Å²) in [6.07, 6.45) is 0.343. The molecule has 2 unspecified atom stereocenters. The Morgan fingerprint density at radius 2 is 2.31 bits per heavy atom. The average Bonchev–Trinajstić information content (AvgIpc) is 2.53. The number of nitrogens with one attached hydrogen (secondary N) is 2. The van der Waals surface area contributed by atoms with Gasteiger partial charge in [-0.25, -0.2) is 5.43 Å². The number of hydrazone groups is 1. The fourth-order valence-electron chi connectivity index (χ4n) is 1.68. The molecule has 7 heteroatoms. The third kappa shape index (κ3) is 1.91. The fourth-order valence-corrected chi connectivity index (χ4v) is 1.68. The first-order valence-electron chi connectivity index (χ1n) is 4.97. The quantitative estimate of drug-likeness (QED) is 0.484. The monoisotopic (exact) mass is 229 g/mol. The summed E-state index contributed by atoms with van der Waals surface area (Å²) in [6.45, 7) is 3.26. The molecular weight excluding hydrogens is 214 g/mol. The number of hydroxylamine groups is 1. The zero-order valence-electron chi connectivity index (χ0n) is 9.15. The second-order valence-electron chi connectivity index (χ2n) is 3.80. The number of hydrogen-bond donors (Lipinski definition) is 4. The molecule has 1 aliphatic heterocycles. The number of nitrogens with zero attached hydrogens (tertiary/aromatic N) is 1. The third-order valence-electron chi connectivity index (χ3n) is 2.92. The SMILES string of the molecule is CCC(CC1(NO)C(=O)NN=C1C)C(=O)O. The van der Waals surface area contributed by atoms with Crippen molar-refractivity contribution in [2.75, 3.05) is 0 Å². The molecule has 0 aromatic carbocycles. The zero-order chi connectivity index (χ0) is 12.3. The van der Waals surface area contributed by atoms with Crippen molar-refractivity contribution in [1.29, 1.82) is 0 Å². The van der Waals surface area contributed by atoms with Gasteiger partial charge in [0.25, 0.3) is 5.91 Å². The van der Waals surface area contributed by atoms with E-state index in [0.29, 0.717) is 12.1 Å². The van der Waals surface area contributed by atoms with Crippen molar-refractivity contribution in [3.05, 3.63) is 0 Å². The predicted octanol–water partition coefficient (Wildman–Crippen LogP) is -0.289. The van der Waals surface area contributed by atoms with E-state index in [0.717, 1.165) is 0 Å². The highest BCUT2D eigenvalue weighted by Crippen LogP contribution is 2.24. The van der Waals surface area contributed by atoms with Crippen LogP contribution >= 0.6 is 0 Å². The number of rotatable bonds is 5. The Morgan fingerprint density at radius 3 is 2.62 bits per heavy atom. The summed E-state index contributed by atoms with van der Waals surface area (Å²) in [7, 11) is 0. The Hall–Kier alpha value is -1.47. The molecule has 90 valence electrons. The number of carboxylic acids is 1. The Balaban J connectivity index is 2.93. The smallest absolute Gasteiger partial charge is 0.306 e. The molecule has 1 rings (SSSR count). The van der Waals surface area contributed by atoms with Crippen LogP contribution in [0.5, 0.6) is 0 Å². The van der Waals surface area contributed by atoms with Crippen LogP contribution in [0, 0.1) is 5.92 Å². The number of aliphatic carboxylic acids is 1. The molecule has 1 amide bonds. The van der Waals surface area contributed by atoms with Crippen molar-refractivity contribution in [3.63, 3.8) is 0 Å². The normalized spacial score (nSPS) is 26.2. The van der Waals surface area contributed by atoms with E-state index >= 15 is 0 Å². The summed E-state index contributed by atoms with van der Waals surface area (Å²) in [5, 5.41) is 21.7. The zero-order valence-corrected chi connectivity index (χ0v) is 9.15. The summed E-state index contributed by atoms with van der Waals surface area (Å²) < 4.78 is 0. The Labute approximate surface area is 92.5 Å². The average molecular weight is 229 g/mol. The maximum Gasteiger partial charge on any atom is 0.306 e. The van der Waals surface area contributed by atoms with Crippen LogP contribution in [0.2, 0.25) is 0 Å². The van der Waals surface area contributed by atoms with Crippen LogP contribution in [0.3, 0.4) is 0 Å². The van der Waals surface area contributed by atoms with Crippen molar-refractivity contribution in [3.8, 4) is 0 Å². The van der Waals surface area contributed by atoms with Crippen molar-refractivity contribution in [1.82, 2.24) is 10.9 Å². The first-order chi connectivity index (χ1) is 7.47. The number of hydrogen-bond acceptors (Lipinski definition) is 5. The molecule has 7 nitrogen and oxygen atoms in total. The summed E-state index contributed by atoms with van der Waals surface area (Å²) >= 11 is 0. The second-order valence-corrected chi connectivity index (χ2v) is 3.80. The first kappa shape index (κ1) is 12.6. The van der Waals surface area contributed by atoms with Gasteiger partial charge in [0.05, 0.1) is 11.6 Å². The lowest BCUT2D eigenvalue weighted by atomic mass is 9.83. The van der Waals surface area contributed by atoms with E-state index in [1.54, 1.807) is 13.8 Å². The van der Waals surface area contributed by atoms with Crippen LogP contribution in [0.1, 0.15) is 26.7 Å². The summed E-state index contributed by atoms with van der Waals surface area (Å²) in [5.41, 5.74) is 3.02. The van der Waals surface area contributed by atoms with Gasteiger partial charge in [-0.3, -0.25) is 9.59 Å². The molecule has 0 fully saturated rings. The van der Waals surface area contributed by atoms with Gasteiger partial charge in [-0.1, -0.05) is 6.92 Å². The maximum atomic E-state index is 11.6. The molecule has 0 spiro atoms. The summed E-state index contributed by atoms with van der Waals surface area (Å²) in [4.78, 5) is 22.5. The molecule has 0 aromatic rings. The predicted molar refractivity (Wildman–Crippen MR) is 54.9 cm³/mol. The van der Waals surface area contributed by atoms with Gasteiger partial charge in [0.2, 0.25) is 0 Å². The highest BCUT2D eigenvalue weighted by molar-refractivity contribution is 6.15. The van der Waals surface area contributed by atoms with E-state index in [4.69, 9.17) is 10.3 Å². The number of carboxylic acid groups (broad SMARTS) is 1. The van der Waals surface area contributed by atoms with E-state index in [9.17, 15) is 9.59 Å². The third-order valence-corrected chi connectivity index (χ3v) is 2.92. The number of carbonyl (C=O) groups is 2. The van der Waals surface area contributed by atoms with Crippen LogP contribution in [0.4, 0.5) is 0 Å². The van der Waals surface area contributed by atoms with Crippen LogP contribution in [0.25, 0.3) is 0 Å². The van der Waals surface area contributed by atoms with Gasteiger partial charge >= 0.3 is 5.97 Å². The minimum atomic E-state index is -1.42. The van der Waals surface area contributed by atoms with Gasteiger partial charge in [-0.2, -0.15) is 10.6 Å². The van der Waals surface area contributed by atoms with E-state index < -0.39 is 23.3 Å². The van der Waals surface area contributed by atoms with Crippen molar-refractivity contribution in [2.24, 2.45) is 11.0 Å². The Kier molecular flexibility index (Phi) is 3.61. The largest absolute Gasteiger partial charge is 0.481 e. The molecule has 0 aromatic heterocycles. The molecule has 0 radical (unpaired) electrons. The molecule has 0 saturated heterocycles. The molecule has 0 saturated carbocycles. The molecule has 0 aliphatic carbocycles. The maximum absolute atomic E-state index is 11.6. The second kappa shape index (κ2) is 4.58. The van der Waals surface area contributed by atoms with E-state index in [1.165, 1.54) is 0 Å². The van der Waals surface area contributed by atoms with Gasteiger partial charge < -0.3 is 10.3 Å². The lowest BCUT2D eigenvalue weighted by Gasteiger charge is -2.27. The lowest BCUT2D eigenvalue weighted by Crippen LogP contribution is -2.57. The van der Waals surface area contributed by atoms with Crippen LogP contribution in [0.15, 0.2) is 5.10 Å². The fraction of sp³-hybridized carbons (Fsp3) is 0.667. The van der Waals surface area contributed by atoms with Gasteiger partial charge in [-0.05, 0) is 19.8 Å². The molecule has 2 atom stereocenters. The van der Waals surface area contributed by atoms with Crippen molar-refractivity contribution in [2.45, 2.75) is 32.2 Å². The molecule has 0 bridgehead atoms. The summed E-state index contributed by atoms with van der Waals surface area (Å²) in [6, 6.07) is 0. The van der Waals surface area contributed by atoms with E-state index in [-0.39, 0.29) is 6.42 Å². The molecule has 1 aliphatic rings. The summed E-state index contributed by atoms with van der Waals surface area (Å²) in [5.74, 6) is -2.24. The van der Waals surface area contributed by atoms with Crippen LogP contribution in [-0.2, 0) is 9.59 Å². The van der Waals surface area contributed by atoms with Crippen LogP contribution in [-0.4, -0.2) is 33.4 Å². The van der Waals surface area contributed by atoms with Crippen molar-refractivity contribution < 1.29 is 19.9 Å². The topological polar surface area (TPSA) is 111 Å². The van der Waals surface area contributed by atoms with Gasteiger partial charge in [0.1, 0.15) is 0 Å². The van der Waals surface area contributed by atoms with Gasteiger partial charge in [0.15, 0.2) is 5.54 Å². The molecular formula is C9H15N3O4.